The number of hydrogen-bond donors (Lipinski definition) is 0. The van der Waals surface area contributed by atoms with Crippen molar-refractivity contribution in [3.63, 3.8) is 0 Å². The maximum atomic E-state index is 12.2. The average molecular weight is 715 g/mol. The minimum absolute atomic E-state index is 0.177. The highest BCUT2D eigenvalue weighted by Crippen LogP contribution is 2.39. The molecule has 0 unspecified atom stereocenters. The third-order valence-corrected chi connectivity index (χ3v) is 7.23. The van der Waals surface area contributed by atoms with Crippen LogP contribution in [0.2, 0.25) is 0 Å². The molecule has 2 aromatic rings. The Morgan fingerprint density at radius 3 is 1.10 bits per heavy atom. The molecule has 0 aromatic heterocycles. The molecule has 0 fully saturated rings. The second-order valence-corrected chi connectivity index (χ2v) is 14.1. The fraction of sp³-hybridized carbons (Fsp3) is 0.610. The third-order valence-electron chi connectivity index (χ3n) is 7.23. The van der Waals surface area contributed by atoms with Crippen molar-refractivity contribution in [2.45, 2.75) is 127 Å². The Labute approximate surface area is 305 Å². The van der Waals surface area contributed by atoms with E-state index in [9.17, 15) is 19.2 Å². The van der Waals surface area contributed by atoms with Gasteiger partial charge in [0.1, 0.15) is 0 Å². The van der Waals surface area contributed by atoms with E-state index in [4.69, 9.17) is 28.4 Å². The Morgan fingerprint density at radius 1 is 0.471 bits per heavy atom. The predicted octanol–water partition coefficient (Wildman–Crippen LogP) is 9.93. The van der Waals surface area contributed by atoms with Crippen LogP contribution in [0.3, 0.4) is 0 Å². The highest BCUT2D eigenvalue weighted by Gasteiger charge is 2.21. The van der Waals surface area contributed by atoms with Gasteiger partial charge in [-0.3, -0.25) is 19.2 Å². The highest BCUT2D eigenvalue weighted by molar-refractivity contribution is 5.78. The second kappa shape index (κ2) is 25.0. The lowest BCUT2D eigenvalue weighted by atomic mass is 10.1. The van der Waals surface area contributed by atoms with Crippen LogP contribution in [0.15, 0.2) is 36.4 Å². The first kappa shape index (κ1) is 44.9. The zero-order valence-electron chi connectivity index (χ0n) is 32.6. The van der Waals surface area contributed by atoms with E-state index in [1.165, 1.54) is 0 Å². The summed E-state index contributed by atoms with van der Waals surface area (Å²) < 4.78 is 33.0. The number of carbonyl (C=O) groups excluding carboxylic acids is 4. The zero-order valence-corrected chi connectivity index (χ0v) is 32.6. The number of rotatable bonds is 21. The molecule has 0 heterocycles. The van der Waals surface area contributed by atoms with Crippen LogP contribution in [0.1, 0.15) is 127 Å². The SMILES string of the molecule is CCCOc1cccc(OC(=O)CCC(C)C)c1OC(=O)CCC(C)C.CCOc1cccc(OC(=O)CCC(C)C)c1OC(=O)CCC(C)C. The Kier molecular flexibility index (Phi) is 22.0. The first-order valence-electron chi connectivity index (χ1n) is 18.5. The van der Waals surface area contributed by atoms with Crippen molar-refractivity contribution in [1.82, 2.24) is 0 Å². The zero-order chi connectivity index (χ0) is 38.3. The maximum absolute atomic E-state index is 12.2. The molecule has 0 aliphatic heterocycles. The second-order valence-electron chi connectivity index (χ2n) is 14.1. The van der Waals surface area contributed by atoms with Crippen molar-refractivity contribution >= 4 is 23.9 Å². The van der Waals surface area contributed by atoms with Crippen molar-refractivity contribution in [2.24, 2.45) is 23.7 Å². The minimum atomic E-state index is -0.361. The summed E-state index contributed by atoms with van der Waals surface area (Å²) in [5.41, 5.74) is 0. The lowest BCUT2D eigenvalue weighted by Crippen LogP contribution is -2.14. The van der Waals surface area contributed by atoms with Crippen LogP contribution < -0.4 is 28.4 Å². The normalized spacial score (nSPS) is 10.9. The quantitative estimate of drug-likeness (QED) is 0.0912. The topological polar surface area (TPSA) is 124 Å². The molecule has 0 radical (unpaired) electrons. The standard InChI is InChI=1S/C21H32O5.C20H30O5/c1-6-14-24-17-8-7-9-18(25-19(22)12-10-15(2)3)21(17)26-20(23)13-11-16(4)5;1-6-23-16-8-7-9-17(24-18(21)12-10-14(2)3)20(16)25-19(22)13-11-15(4)5/h7-9,15-16H,6,10-14H2,1-5H3;7-9,14-15H,6,10-13H2,1-5H3. The molecule has 10 heteroatoms. The van der Waals surface area contributed by atoms with E-state index in [1.807, 2.05) is 55.4 Å². The summed E-state index contributed by atoms with van der Waals surface area (Å²) in [6, 6.07) is 10.1. The molecular formula is C41H62O10. The Bertz CT molecular complexity index is 1350. The Morgan fingerprint density at radius 2 is 0.784 bits per heavy atom. The van der Waals surface area contributed by atoms with E-state index >= 15 is 0 Å². The third kappa shape index (κ3) is 19.8. The van der Waals surface area contributed by atoms with Gasteiger partial charge in [-0.2, -0.15) is 0 Å². The summed E-state index contributed by atoms with van der Waals surface area (Å²) in [5, 5.41) is 0. The van der Waals surface area contributed by atoms with Crippen LogP contribution >= 0.6 is 0 Å². The van der Waals surface area contributed by atoms with E-state index in [-0.39, 0.29) is 46.9 Å². The van der Waals surface area contributed by atoms with Crippen LogP contribution in [0.25, 0.3) is 0 Å². The summed E-state index contributed by atoms with van der Waals surface area (Å²) in [7, 11) is 0. The maximum Gasteiger partial charge on any atom is 0.311 e. The van der Waals surface area contributed by atoms with E-state index in [0.717, 1.165) is 32.1 Å². The molecule has 0 bridgehead atoms. The summed E-state index contributed by atoms with van der Waals surface area (Å²) >= 11 is 0. The van der Waals surface area contributed by atoms with Crippen molar-refractivity contribution in [2.75, 3.05) is 13.2 Å². The molecule has 286 valence electrons. The average Bonchev–Trinajstić information content (AvgIpc) is 3.06. The van der Waals surface area contributed by atoms with Gasteiger partial charge in [0.05, 0.1) is 13.2 Å². The number of para-hydroxylation sites is 2. The molecule has 0 atom stereocenters. The van der Waals surface area contributed by atoms with Gasteiger partial charge in [0.2, 0.25) is 11.5 Å². The molecule has 51 heavy (non-hydrogen) atoms. The molecule has 10 nitrogen and oxygen atoms in total. The van der Waals surface area contributed by atoms with Gasteiger partial charge in [-0.05, 0) is 87.0 Å². The van der Waals surface area contributed by atoms with Gasteiger partial charge in [0.15, 0.2) is 23.0 Å². The first-order valence-corrected chi connectivity index (χ1v) is 18.5. The lowest BCUT2D eigenvalue weighted by Gasteiger charge is -2.15. The molecule has 0 amide bonds. The molecular weight excluding hydrogens is 652 g/mol. The van der Waals surface area contributed by atoms with Crippen molar-refractivity contribution in [3.05, 3.63) is 36.4 Å². The van der Waals surface area contributed by atoms with Crippen molar-refractivity contribution in [1.29, 1.82) is 0 Å². The van der Waals surface area contributed by atoms with E-state index < -0.39 is 0 Å². The number of carbonyl (C=O) groups is 4. The molecule has 2 rings (SSSR count). The summed E-state index contributed by atoms with van der Waals surface area (Å²) in [6.45, 7) is 21.1. The molecule has 0 aliphatic carbocycles. The van der Waals surface area contributed by atoms with E-state index in [1.54, 1.807) is 36.4 Å². The van der Waals surface area contributed by atoms with Crippen molar-refractivity contribution < 1.29 is 47.6 Å². The van der Waals surface area contributed by atoms with Gasteiger partial charge in [0.25, 0.3) is 0 Å². The smallest absolute Gasteiger partial charge is 0.311 e. The number of esters is 4. The Hall–Kier alpha value is -4.08. The number of benzene rings is 2. The number of hydrogen-bond acceptors (Lipinski definition) is 10. The fourth-order valence-corrected chi connectivity index (χ4v) is 4.25. The predicted molar refractivity (Wildman–Crippen MR) is 199 cm³/mol. The van der Waals surface area contributed by atoms with Gasteiger partial charge >= 0.3 is 23.9 Å². The first-order chi connectivity index (χ1) is 24.2. The molecule has 0 N–H and O–H groups in total. The van der Waals surface area contributed by atoms with Crippen LogP contribution in [0, 0.1) is 23.7 Å². The Balaban J connectivity index is 0.000000510. The molecule has 0 spiro atoms. The van der Waals surface area contributed by atoms with Crippen LogP contribution in [-0.4, -0.2) is 37.1 Å². The van der Waals surface area contributed by atoms with Gasteiger partial charge in [-0.15, -0.1) is 0 Å². The van der Waals surface area contributed by atoms with Gasteiger partial charge in [0, 0.05) is 25.7 Å². The van der Waals surface area contributed by atoms with Crippen molar-refractivity contribution in [3.8, 4) is 34.5 Å². The molecule has 0 saturated carbocycles. The van der Waals surface area contributed by atoms with Gasteiger partial charge in [-0.1, -0.05) is 74.4 Å². The summed E-state index contributed by atoms with van der Waals surface area (Å²) in [5.74, 6) is 1.86. The van der Waals surface area contributed by atoms with E-state index in [0.29, 0.717) is 74.1 Å². The largest absolute Gasteiger partial charge is 0.490 e. The van der Waals surface area contributed by atoms with E-state index in [2.05, 4.69) is 13.8 Å². The summed E-state index contributed by atoms with van der Waals surface area (Å²) in [6.07, 6.45) is 5.02. The monoisotopic (exact) mass is 714 g/mol. The van der Waals surface area contributed by atoms with Gasteiger partial charge in [-0.25, -0.2) is 0 Å². The van der Waals surface area contributed by atoms with Crippen LogP contribution in [0.5, 0.6) is 34.5 Å². The summed E-state index contributed by atoms with van der Waals surface area (Å²) in [4.78, 5) is 48.4. The molecule has 0 aliphatic rings. The highest BCUT2D eigenvalue weighted by atomic mass is 16.6. The van der Waals surface area contributed by atoms with Crippen LogP contribution in [-0.2, 0) is 19.2 Å². The number of ether oxygens (including phenoxy) is 6. The molecule has 2 aromatic carbocycles. The fourth-order valence-electron chi connectivity index (χ4n) is 4.25. The molecule has 0 saturated heterocycles. The van der Waals surface area contributed by atoms with Crippen LogP contribution in [0.4, 0.5) is 0 Å². The lowest BCUT2D eigenvalue weighted by molar-refractivity contribution is -0.137. The van der Waals surface area contributed by atoms with Gasteiger partial charge < -0.3 is 28.4 Å². The minimum Gasteiger partial charge on any atom is -0.490 e.